The van der Waals surface area contributed by atoms with E-state index in [1.807, 2.05) is 36.4 Å². The Morgan fingerprint density at radius 3 is 2.83 bits per heavy atom. The topological polar surface area (TPSA) is 83.8 Å². The maximum Gasteiger partial charge on any atom is 0.230 e. The first-order valence-corrected chi connectivity index (χ1v) is 8.16. The smallest absolute Gasteiger partial charge is 0.230 e. The fourth-order valence-corrected chi connectivity index (χ4v) is 2.61. The van der Waals surface area contributed by atoms with Crippen molar-refractivity contribution in [3.8, 4) is 11.3 Å². The largest absolute Gasteiger partial charge is 0.459 e. The van der Waals surface area contributed by atoms with Crippen molar-refractivity contribution in [1.82, 2.24) is 20.5 Å². The van der Waals surface area contributed by atoms with Crippen LogP contribution in [-0.2, 0) is 11.3 Å². The Morgan fingerprint density at radius 2 is 2.09 bits per heavy atom. The van der Waals surface area contributed by atoms with Crippen molar-refractivity contribution in [2.45, 2.75) is 11.7 Å². The van der Waals surface area contributed by atoms with E-state index in [1.54, 1.807) is 0 Å². The molecule has 0 saturated carbocycles. The van der Waals surface area contributed by atoms with Gasteiger partial charge in [-0.1, -0.05) is 23.4 Å². The van der Waals surface area contributed by atoms with Crippen LogP contribution >= 0.6 is 23.4 Å². The predicted octanol–water partition coefficient (Wildman–Crippen LogP) is 3.13. The Bertz CT molecular complexity index is 771. The molecular weight excluding hydrogens is 336 g/mol. The van der Waals surface area contributed by atoms with Crippen molar-refractivity contribution in [2.24, 2.45) is 0 Å². The van der Waals surface area contributed by atoms with Crippen LogP contribution in [0.1, 0.15) is 5.76 Å². The molecule has 0 aliphatic heterocycles. The molecule has 1 amide bonds. The molecule has 3 aromatic rings. The second kappa shape index (κ2) is 7.34. The van der Waals surface area contributed by atoms with Gasteiger partial charge in [-0.25, -0.2) is 4.98 Å². The summed E-state index contributed by atoms with van der Waals surface area (Å²) in [6.45, 7) is 0.337. The molecule has 0 radical (unpaired) electrons. The van der Waals surface area contributed by atoms with E-state index in [1.165, 1.54) is 18.1 Å². The maximum absolute atomic E-state index is 11.8. The van der Waals surface area contributed by atoms with Gasteiger partial charge in [0, 0.05) is 10.6 Å². The molecule has 2 N–H and O–H groups in total. The van der Waals surface area contributed by atoms with E-state index in [9.17, 15) is 4.79 Å². The van der Waals surface area contributed by atoms with Gasteiger partial charge < -0.3 is 9.73 Å². The van der Waals surface area contributed by atoms with Crippen LogP contribution in [0, 0.1) is 0 Å². The second-order valence-corrected chi connectivity index (χ2v) is 6.03. The number of amides is 1. The normalized spacial score (nSPS) is 10.7. The molecule has 8 heteroatoms. The lowest BCUT2D eigenvalue weighted by atomic mass is 10.2. The van der Waals surface area contributed by atoms with Crippen LogP contribution in [0.2, 0.25) is 5.02 Å². The molecular formula is C15H13ClN4O2S. The number of H-pyrrole nitrogens is 1. The highest BCUT2D eigenvalue weighted by molar-refractivity contribution is 7.99. The molecule has 3 rings (SSSR count). The lowest BCUT2D eigenvalue weighted by Crippen LogP contribution is -2.24. The third kappa shape index (κ3) is 4.37. The Hall–Kier alpha value is -2.25. The summed E-state index contributed by atoms with van der Waals surface area (Å²) in [6.07, 6.45) is 1.40. The molecule has 0 unspecified atom stereocenters. The molecule has 0 atom stereocenters. The summed E-state index contributed by atoms with van der Waals surface area (Å²) in [5.41, 5.74) is 0.938. The van der Waals surface area contributed by atoms with Gasteiger partial charge in [0.05, 0.1) is 12.3 Å². The molecule has 23 heavy (non-hydrogen) atoms. The first kappa shape index (κ1) is 15.6. The first-order valence-electron chi connectivity index (χ1n) is 6.80. The Balaban J connectivity index is 1.50. The van der Waals surface area contributed by atoms with E-state index in [2.05, 4.69) is 20.5 Å². The number of benzene rings is 1. The van der Waals surface area contributed by atoms with Gasteiger partial charge in [-0.05, 0) is 36.4 Å². The number of nitrogens with one attached hydrogen (secondary N) is 2. The molecule has 1 aromatic carbocycles. The summed E-state index contributed by atoms with van der Waals surface area (Å²) in [7, 11) is 0. The predicted molar refractivity (Wildman–Crippen MR) is 88.1 cm³/mol. The summed E-state index contributed by atoms with van der Waals surface area (Å²) in [5.74, 6) is 1.59. The van der Waals surface area contributed by atoms with Crippen LogP contribution in [-0.4, -0.2) is 26.8 Å². The number of nitrogens with zero attached hydrogens (tertiary/aromatic N) is 2. The van der Waals surface area contributed by atoms with Gasteiger partial charge in [0.15, 0.2) is 5.16 Å². The number of carbonyl (C=O) groups is 1. The zero-order chi connectivity index (χ0) is 16.1. The highest BCUT2D eigenvalue weighted by Crippen LogP contribution is 2.23. The number of aromatic amines is 1. The van der Waals surface area contributed by atoms with Crippen LogP contribution in [0.5, 0.6) is 0 Å². The SMILES string of the molecule is O=C(CSc1ncn[nH]1)NCc1ccc(-c2ccc(Cl)cc2)o1. The van der Waals surface area contributed by atoms with Gasteiger partial charge in [0.25, 0.3) is 0 Å². The molecule has 0 fully saturated rings. The van der Waals surface area contributed by atoms with Gasteiger partial charge in [0.2, 0.25) is 5.91 Å². The van der Waals surface area contributed by atoms with Crippen molar-refractivity contribution in [1.29, 1.82) is 0 Å². The van der Waals surface area contributed by atoms with Crippen molar-refractivity contribution in [2.75, 3.05) is 5.75 Å². The molecule has 0 spiro atoms. The Kier molecular flexibility index (Phi) is 4.99. The van der Waals surface area contributed by atoms with Gasteiger partial charge in [-0.15, -0.1) is 0 Å². The summed E-state index contributed by atoms with van der Waals surface area (Å²) >= 11 is 7.15. The molecule has 118 valence electrons. The number of aromatic nitrogens is 3. The molecule has 6 nitrogen and oxygen atoms in total. The summed E-state index contributed by atoms with van der Waals surface area (Å²) in [4.78, 5) is 15.7. The minimum absolute atomic E-state index is 0.101. The number of halogens is 1. The van der Waals surface area contributed by atoms with Crippen LogP contribution in [0.3, 0.4) is 0 Å². The van der Waals surface area contributed by atoms with Gasteiger partial charge in [-0.2, -0.15) is 5.10 Å². The average molecular weight is 349 g/mol. The van der Waals surface area contributed by atoms with E-state index >= 15 is 0 Å². The van der Waals surface area contributed by atoms with Crippen LogP contribution < -0.4 is 5.32 Å². The highest BCUT2D eigenvalue weighted by Gasteiger charge is 2.08. The van der Waals surface area contributed by atoms with Gasteiger partial charge >= 0.3 is 0 Å². The van der Waals surface area contributed by atoms with Crippen molar-refractivity contribution < 1.29 is 9.21 Å². The van der Waals surface area contributed by atoms with Crippen molar-refractivity contribution >= 4 is 29.3 Å². The molecule has 0 bridgehead atoms. The standard InChI is InChI=1S/C15H13ClN4O2S/c16-11-3-1-10(2-4-11)13-6-5-12(22-13)7-17-14(21)8-23-15-18-9-19-20-15/h1-6,9H,7-8H2,(H,17,21)(H,18,19,20). The lowest BCUT2D eigenvalue weighted by Gasteiger charge is -2.02. The molecule has 2 heterocycles. The monoisotopic (exact) mass is 348 g/mol. The molecule has 0 aliphatic carbocycles. The Labute approximate surface area is 141 Å². The second-order valence-electron chi connectivity index (χ2n) is 4.63. The molecule has 0 saturated heterocycles. The minimum Gasteiger partial charge on any atom is -0.459 e. The van der Waals surface area contributed by atoms with E-state index in [0.29, 0.717) is 22.5 Å². The molecule has 0 aliphatic rings. The summed E-state index contributed by atoms with van der Waals surface area (Å²) in [6, 6.07) is 11.1. The third-order valence-electron chi connectivity index (χ3n) is 2.98. The molecule has 2 aromatic heterocycles. The zero-order valence-electron chi connectivity index (χ0n) is 12.0. The van der Waals surface area contributed by atoms with Crippen molar-refractivity contribution in [3.63, 3.8) is 0 Å². The summed E-state index contributed by atoms with van der Waals surface area (Å²) in [5, 5.41) is 10.5. The zero-order valence-corrected chi connectivity index (χ0v) is 13.5. The van der Waals surface area contributed by atoms with E-state index in [4.69, 9.17) is 16.0 Å². The van der Waals surface area contributed by atoms with Crippen LogP contribution in [0.4, 0.5) is 0 Å². The number of hydrogen-bond acceptors (Lipinski definition) is 5. The average Bonchev–Trinajstić information content (AvgIpc) is 3.23. The van der Waals surface area contributed by atoms with E-state index < -0.39 is 0 Å². The summed E-state index contributed by atoms with van der Waals surface area (Å²) < 4.78 is 5.72. The first-order chi connectivity index (χ1) is 11.2. The number of carbonyl (C=O) groups excluding carboxylic acids is 1. The number of furan rings is 1. The van der Waals surface area contributed by atoms with Gasteiger partial charge in [-0.3, -0.25) is 9.89 Å². The number of rotatable bonds is 6. The minimum atomic E-state index is -0.101. The number of hydrogen-bond donors (Lipinski definition) is 2. The van der Waals surface area contributed by atoms with Crippen LogP contribution in [0.15, 0.2) is 52.3 Å². The van der Waals surface area contributed by atoms with Gasteiger partial charge in [0.1, 0.15) is 17.8 Å². The highest BCUT2D eigenvalue weighted by atomic mass is 35.5. The fraction of sp³-hybridized carbons (Fsp3) is 0.133. The fourth-order valence-electron chi connectivity index (χ4n) is 1.88. The van der Waals surface area contributed by atoms with Crippen LogP contribution in [0.25, 0.3) is 11.3 Å². The number of thioether (sulfide) groups is 1. The maximum atomic E-state index is 11.8. The van der Waals surface area contributed by atoms with E-state index in [0.717, 1.165) is 11.3 Å². The van der Waals surface area contributed by atoms with Crippen molar-refractivity contribution in [3.05, 3.63) is 53.5 Å². The lowest BCUT2D eigenvalue weighted by molar-refractivity contribution is -0.118. The van der Waals surface area contributed by atoms with E-state index in [-0.39, 0.29) is 11.7 Å². The Morgan fingerprint density at radius 1 is 1.26 bits per heavy atom. The third-order valence-corrected chi connectivity index (χ3v) is 4.11. The quantitative estimate of drug-likeness (QED) is 0.669.